The average Bonchev–Trinajstić information content (AvgIpc) is 2.58. The van der Waals surface area contributed by atoms with Gasteiger partial charge < -0.3 is 10.8 Å². The van der Waals surface area contributed by atoms with Gasteiger partial charge in [0.05, 0.1) is 0 Å². The van der Waals surface area contributed by atoms with Crippen molar-refractivity contribution in [3.05, 3.63) is 33.6 Å². The highest BCUT2D eigenvalue weighted by Gasteiger charge is 2.16. The fourth-order valence-corrected chi connectivity index (χ4v) is 2.91. The van der Waals surface area contributed by atoms with Crippen LogP contribution in [0.4, 0.5) is 0 Å². The first-order chi connectivity index (χ1) is 7.08. The molecule has 0 aliphatic heterocycles. The molecule has 0 amide bonds. The van der Waals surface area contributed by atoms with E-state index in [-0.39, 0.29) is 0 Å². The van der Waals surface area contributed by atoms with Crippen LogP contribution in [0.3, 0.4) is 0 Å². The van der Waals surface area contributed by atoms with Crippen molar-refractivity contribution in [2.45, 2.75) is 6.04 Å². The first-order valence-corrected chi connectivity index (χ1v) is 5.86. The van der Waals surface area contributed by atoms with Crippen molar-refractivity contribution in [2.24, 2.45) is 5.73 Å². The highest BCUT2D eigenvalue weighted by atomic mass is 79.9. The summed E-state index contributed by atoms with van der Waals surface area (Å²) in [5, 5.41) is 9.81. The number of fused-ring (bicyclic) bond motifs is 1. The van der Waals surface area contributed by atoms with Crippen LogP contribution < -0.4 is 5.73 Å². The molecule has 1 aromatic heterocycles. The van der Waals surface area contributed by atoms with Gasteiger partial charge in [0.25, 0.3) is 0 Å². The van der Waals surface area contributed by atoms with Crippen molar-refractivity contribution in [1.29, 1.82) is 0 Å². The van der Waals surface area contributed by atoms with E-state index >= 15 is 0 Å². The summed E-state index contributed by atoms with van der Waals surface area (Å²) in [5.41, 5.74) is 5.54. The van der Waals surface area contributed by atoms with Crippen LogP contribution in [0.1, 0.15) is 10.9 Å². The van der Waals surface area contributed by atoms with E-state index in [2.05, 4.69) is 15.9 Å². The molecule has 1 atom stereocenters. The second kappa shape index (κ2) is 3.92. The van der Waals surface area contributed by atoms with Gasteiger partial charge in [0.15, 0.2) is 0 Å². The molecule has 1 heterocycles. The molecule has 1 aromatic carbocycles. The number of carboxylic acid groups (broad SMARTS) is 1. The highest BCUT2D eigenvalue weighted by molar-refractivity contribution is 9.10. The maximum absolute atomic E-state index is 10.7. The Morgan fingerprint density at radius 2 is 2.20 bits per heavy atom. The fourth-order valence-electron chi connectivity index (χ4n) is 1.30. The van der Waals surface area contributed by atoms with Crippen LogP contribution >= 0.6 is 27.3 Å². The quantitative estimate of drug-likeness (QED) is 0.892. The van der Waals surface area contributed by atoms with Crippen molar-refractivity contribution < 1.29 is 9.90 Å². The summed E-state index contributed by atoms with van der Waals surface area (Å²) in [5.74, 6) is -0.999. The number of aliphatic carboxylic acids is 1. The first-order valence-electron chi connectivity index (χ1n) is 4.25. The zero-order chi connectivity index (χ0) is 11.0. The Hall–Kier alpha value is -0.910. The van der Waals surface area contributed by atoms with E-state index < -0.39 is 12.0 Å². The van der Waals surface area contributed by atoms with Crippen molar-refractivity contribution in [3.8, 4) is 0 Å². The molecular formula is C10H8BrNO2S. The van der Waals surface area contributed by atoms with E-state index in [0.29, 0.717) is 4.88 Å². The number of carbonyl (C=O) groups is 1. The molecule has 2 aromatic rings. The van der Waals surface area contributed by atoms with Crippen LogP contribution in [0.25, 0.3) is 10.1 Å². The number of carboxylic acids is 1. The van der Waals surface area contributed by atoms with Crippen molar-refractivity contribution in [2.75, 3.05) is 0 Å². The second-order valence-electron chi connectivity index (χ2n) is 3.15. The van der Waals surface area contributed by atoms with E-state index in [0.717, 1.165) is 14.6 Å². The Balaban J connectivity index is 2.51. The molecule has 0 aliphatic rings. The van der Waals surface area contributed by atoms with Crippen LogP contribution in [0.15, 0.2) is 28.7 Å². The minimum absolute atomic E-state index is 0.676. The molecule has 0 saturated carbocycles. The summed E-state index contributed by atoms with van der Waals surface area (Å²) in [6.45, 7) is 0. The lowest BCUT2D eigenvalue weighted by Gasteiger charge is -2.00. The van der Waals surface area contributed by atoms with Crippen LogP contribution in [-0.2, 0) is 4.79 Å². The molecule has 0 saturated heterocycles. The van der Waals surface area contributed by atoms with Crippen molar-refractivity contribution in [1.82, 2.24) is 0 Å². The zero-order valence-corrected chi connectivity index (χ0v) is 10.0. The Morgan fingerprint density at radius 1 is 1.47 bits per heavy atom. The Labute approximate surface area is 98.6 Å². The van der Waals surface area contributed by atoms with E-state index in [1.54, 1.807) is 0 Å². The van der Waals surface area contributed by atoms with Gasteiger partial charge in [-0.25, -0.2) is 0 Å². The molecule has 1 unspecified atom stereocenters. The number of halogens is 1. The Kier molecular flexibility index (Phi) is 2.77. The number of nitrogens with two attached hydrogens (primary N) is 1. The number of benzene rings is 1. The molecule has 3 nitrogen and oxygen atoms in total. The van der Waals surface area contributed by atoms with Crippen LogP contribution in [0.2, 0.25) is 0 Å². The predicted octanol–water partition coefficient (Wildman–Crippen LogP) is 2.75. The Bertz CT molecular complexity index is 523. The standard InChI is InChI=1S/C10H8BrNO2S/c11-6-2-1-5-3-8(9(12)10(13)14)15-7(5)4-6/h1-4,9H,12H2,(H,13,14). The van der Waals surface area contributed by atoms with E-state index in [1.165, 1.54) is 11.3 Å². The summed E-state index contributed by atoms with van der Waals surface area (Å²) >= 11 is 4.78. The monoisotopic (exact) mass is 285 g/mol. The zero-order valence-electron chi connectivity index (χ0n) is 7.61. The van der Waals surface area contributed by atoms with Crippen molar-refractivity contribution >= 4 is 43.3 Å². The van der Waals surface area contributed by atoms with Gasteiger partial charge in [-0.2, -0.15) is 0 Å². The third-order valence-electron chi connectivity index (χ3n) is 2.07. The molecule has 2 rings (SSSR count). The lowest BCUT2D eigenvalue weighted by Crippen LogP contribution is -2.19. The highest BCUT2D eigenvalue weighted by Crippen LogP contribution is 2.31. The SMILES string of the molecule is NC(C(=O)O)c1cc2ccc(Br)cc2s1. The van der Waals surface area contributed by atoms with Crippen LogP contribution in [0, 0.1) is 0 Å². The van der Waals surface area contributed by atoms with Gasteiger partial charge in [0.1, 0.15) is 6.04 Å². The number of hydrogen-bond donors (Lipinski definition) is 2. The van der Waals surface area contributed by atoms with Crippen LogP contribution in [-0.4, -0.2) is 11.1 Å². The molecule has 3 N–H and O–H groups in total. The average molecular weight is 286 g/mol. The van der Waals surface area contributed by atoms with E-state index in [9.17, 15) is 4.79 Å². The van der Waals surface area contributed by atoms with E-state index in [1.807, 2.05) is 24.3 Å². The fraction of sp³-hybridized carbons (Fsp3) is 0.100. The first kappa shape index (κ1) is 10.6. The molecule has 0 spiro atoms. The second-order valence-corrected chi connectivity index (χ2v) is 5.18. The summed E-state index contributed by atoms with van der Waals surface area (Å²) in [6.07, 6.45) is 0. The summed E-state index contributed by atoms with van der Waals surface area (Å²) in [4.78, 5) is 11.4. The molecular weight excluding hydrogens is 278 g/mol. The van der Waals surface area contributed by atoms with Gasteiger partial charge >= 0.3 is 5.97 Å². The third kappa shape index (κ3) is 2.04. The third-order valence-corrected chi connectivity index (χ3v) is 3.75. The molecule has 15 heavy (non-hydrogen) atoms. The number of hydrogen-bond acceptors (Lipinski definition) is 3. The van der Waals surface area contributed by atoms with Gasteiger partial charge in [-0.15, -0.1) is 11.3 Å². The molecule has 5 heteroatoms. The summed E-state index contributed by atoms with van der Waals surface area (Å²) in [7, 11) is 0. The summed E-state index contributed by atoms with van der Waals surface area (Å²) in [6, 6.07) is 6.71. The van der Waals surface area contributed by atoms with Crippen molar-refractivity contribution in [3.63, 3.8) is 0 Å². The lowest BCUT2D eigenvalue weighted by atomic mass is 10.2. The Morgan fingerprint density at radius 3 is 2.87 bits per heavy atom. The number of rotatable bonds is 2. The largest absolute Gasteiger partial charge is 0.480 e. The minimum Gasteiger partial charge on any atom is -0.480 e. The maximum Gasteiger partial charge on any atom is 0.325 e. The summed E-state index contributed by atoms with van der Waals surface area (Å²) < 4.78 is 2.02. The molecule has 0 fully saturated rings. The molecule has 0 aliphatic carbocycles. The van der Waals surface area contributed by atoms with Gasteiger partial charge in [0.2, 0.25) is 0 Å². The molecule has 78 valence electrons. The van der Waals surface area contributed by atoms with Gasteiger partial charge in [-0.1, -0.05) is 22.0 Å². The molecule has 0 radical (unpaired) electrons. The van der Waals surface area contributed by atoms with Crippen LogP contribution in [0.5, 0.6) is 0 Å². The minimum atomic E-state index is -0.999. The topological polar surface area (TPSA) is 63.3 Å². The van der Waals surface area contributed by atoms with Gasteiger partial charge in [-0.05, 0) is 23.6 Å². The smallest absolute Gasteiger partial charge is 0.325 e. The lowest BCUT2D eigenvalue weighted by molar-refractivity contribution is -0.138. The predicted molar refractivity (Wildman–Crippen MR) is 64.1 cm³/mol. The van der Waals surface area contributed by atoms with E-state index in [4.69, 9.17) is 10.8 Å². The number of thiophene rings is 1. The van der Waals surface area contributed by atoms with Gasteiger partial charge in [0, 0.05) is 14.0 Å². The maximum atomic E-state index is 10.7. The molecule has 0 bridgehead atoms. The normalized spacial score (nSPS) is 12.9. The van der Waals surface area contributed by atoms with Gasteiger partial charge in [-0.3, -0.25) is 4.79 Å².